The Balaban J connectivity index is 1.84. The molecule has 0 atom stereocenters. The van der Waals surface area contributed by atoms with Gasteiger partial charge < -0.3 is 16.0 Å². The number of hydrogen-bond acceptors (Lipinski definition) is 6. The molecule has 0 aliphatic carbocycles. The van der Waals surface area contributed by atoms with Gasteiger partial charge in [-0.05, 0) is 12.5 Å². The van der Waals surface area contributed by atoms with Crippen molar-refractivity contribution in [1.29, 1.82) is 0 Å². The number of hydrogen-bond donors (Lipinski definition) is 3. The number of aryl methyl sites for hydroxylation is 2. The van der Waals surface area contributed by atoms with E-state index in [0.29, 0.717) is 5.82 Å². The molecule has 0 saturated heterocycles. The van der Waals surface area contributed by atoms with Gasteiger partial charge in [0.15, 0.2) is 0 Å². The number of carbonyl (C=O) groups is 1. The third-order valence-electron chi connectivity index (χ3n) is 4.43. The molecule has 29 heavy (non-hydrogen) atoms. The smallest absolute Gasteiger partial charge is 0.330 e. The number of benzene rings is 1. The Bertz CT molecular complexity index is 1140. The van der Waals surface area contributed by atoms with Gasteiger partial charge >= 0.3 is 5.69 Å². The van der Waals surface area contributed by atoms with E-state index in [9.17, 15) is 14.4 Å². The zero-order valence-electron chi connectivity index (χ0n) is 16.5. The van der Waals surface area contributed by atoms with Crippen LogP contribution < -0.4 is 27.2 Å². The molecule has 0 radical (unpaired) electrons. The summed E-state index contributed by atoms with van der Waals surface area (Å²) >= 11 is 0. The maximum Gasteiger partial charge on any atom is 0.330 e. The number of nitrogens with zero attached hydrogens (tertiary/aromatic N) is 4. The third kappa shape index (κ3) is 4.37. The molecule has 1 amide bonds. The van der Waals surface area contributed by atoms with Gasteiger partial charge in [-0.25, -0.2) is 4.79 Å². The molecule has 0 bridgehead atoms. The maximum atomic E-state index is 12.4. The Morgan fingerprint density at radius 1 is 1.28 bits per heavy atom. The fourth-order valence-corrected chi connectivity index (χ4v) is 3.07. The van der Waals surface area contributed by atoms with Gasteiger partial charge in [-0.1, -0.05) is 30.3 Å². The fourth-order valence-electron chi connectivity index (χ4n) is 3.07. The van der Waals surface area contributed by atoms with Crippen LogP contribution in [0.1, 0.15) is 11.3 Å². The fraction of sp³-hybridized carbons (Fsp3) is 0.263. The van der Waals surface area contributed by atoms with E-state index in [1.807, 2.05) is 37.3 Å². The Morgan fingerprint density at radius 3 is 2.59 bits per heavy atom. The second-order valence-electron chi connectivity index (χ2n) is 6.76. The molecule has 0 saturated carbocycles. The van der Waals surface area contributed by atoms with Crippen molar-refractivity contribution in [3.63, 3.8) is 0 Å². The molecule has 0 aliphatic rings. The van der Waals surface area contributed by atoms with Gasteiger partial charge in [0.1, 0.15) is 17.3 Å². The second-order valence-corrected chi connectivity index (χ2v) is 6.76. The van der Waals surface area contributed by atoms with E-state index in [4.69, 9.17) is 5.73 Å². The van der Waals surface area contributed by atoms with Gasteiger partial charge in [-0.2, -0.15) is 5.10 Å². The van der Waals surface area contributed by atoms with E-state index < -0.39 is 11.2 Å². The number of nitrogen functional groups attached to an aromatic ring is 1. The predicted octanol–water partition coefficient (Wildman–Crippen LogP) is 0.284. The van der Waals surface area contributed by atoms with Crippen LogP contribution in [0, 0.1) is 6.92 Å². The van der Waals surface area contributed by atoms with Crippen molar-refractivity contribution < 1.29 is 4.79 Å². The first-order chi connectivity index (χ1) is 13.8. The van der Waals surface area contributed by atoms with Gasteiger partial charge in [0, 0.05) is 20.2 Å². The average Bonchev–Trinajstić information content (AvgIpc) is 2.96. The lowest BCUT2D eigenvalue weighted by atomic mass is 10.2. The van der Waals surface area contributed by atoms with Gasteiger partial charge in [-0.15, -0.1) is 0 Å². The summed E-state index contributed by atoms with van der Waals surface area (Å²) in [6.45, 7) is 1.88. The van der Waals surface area contributed by atoms with Crippen molar-refractivity contribution in [2.45, 2.75) is 13.5 Å². The molecule has 3 rings (SSSR count). The number of aromatic nitrogens is 4. The summed E-state index contributed by atoms with van der Waals surface area (Å²) in [5.41, 5.74) is 6.56. The molecular weight excluding hydrogens is 374 g/mol. The van der Waals surface area contributed by atoms with E-state index in [0.717, 1.165) is 11.3 Å². The second kappa shape index (κ2) is 8.05. The number of H-pyrrole nitrogens is 1. The van der Waals surface area contributed by atoms with Crippen LogP contribution in [0.15, 0.2) is 46.0 Å². The van der Waals surface area contributed by atoms with Crippen molar-refractivity contribution in [3.05, 3.63) is 68.5 Å². The monoisotopic (exact) mass is 397 g/mol. The van der Waals surface area contributed by atoms with Crippen LogP contribution in [-0.4, -0.2) is 38.8 Å². The van der Waals surface area contributed by atoms with Crippen molar-refractivity contribution >= 4 is 23.2 Å². The number of likely N-dealkylation sites (N-methyl/N-ethyl adjacent to an activating group) is 1. The first-order valence-corrected chi connectivity index (χ1v) is 8.94. The topological polar surface area (TPSA) is 131 Å². The minimum Gasteiger partial charge on any atom is -0.383 e. The van der Waals surface area contributed by atoms with Crippen LogP contribution in [-0.2, 0) is 18.4 Å². The molecule has 152 valence electrons. The predicted molar refractivity (Wildman–Crippen MR) is 111 cm³/mol. The number of amides is 1. The molecular formula is C19H23N7O3. The van der Waals surface area contributed by atoms with Crippen LogP contribution in [0.25, 0.3) is 0 Å². The van der Waals surface area contributed by atoms with Crippen molar-refractivity contribution in [2.75, 3.05) is 29.5 Å². The third-order valence-corrected chi connectivity index (χ3v) is 4.43. The molecule has 1 aromatic carbocycles. The summed E-state index contributed by atoms with van der Waals surface area (Å²) in [4.78, 5) is 40.7. The quantitative estimate of drug-likeness (QED) is 0.548. The molecule has 0 unspecified atom stereocenters. The van der Waals surface area contributed by atoms with Gasteiger partial charge in [0.2, 0.25) is 5.91 Å². The van der Waals surface area contributed by atoms with E-state index >= 15 is 0 Å². The van der Waals surface area contributed by atoms with Gasteiger partial charge in [-0.3, -0.25) is 23.8 Å². The molecule has 10 heteroatoms. The van der Waals surface area contributed by atoms with Crippen LogP contribution in [0.3, 0.4) is 0 Å². The summed E-state index contributed by atoms with van der Waals surface area (Å²) in [6, 6.07) is 11.0. The lowest BCUT2D eigenvalue weighted by Gasteiger charge is -2.21. The summed E-state index contributed by atoms with van der Waals surface area (Å²) in [7, 11) is 3.28. The molecule has 0 aliphatic heterocycles. The Hall–Kier alpha value is -3.82. The van der Waals surface area contributed by atoms with E-state index in [1.54, 1.807) is 24.8 Å². The average molecular weight is 397 g/mol. The standard InChI is InChI=1S/C19H23N7O3/c1-12-9-14(25(3)23-12)21-15(27)11-24(2)16-17(20)26(19(29)22-18(16)28)10-13-7-5-4-6-8-13/h4-9H,10-11,20H2,1-3H3,(H,21,27)(H,22,28,29). The Morgan fingerprint density at radius 2 is 1.97 bits per heavy atom. The number of nitrogens with two attached hydrogens (primary N) is 1. The zero-order chi connectivity index (χ0) is 21.1. The van der Waals surface area contributed by atoms with E-state index in [1.165, 1.54) is 9.47 Å². The minimum absolute atomic E-state index is 0.00530. The SMILES string of the molecule is Cc1cc(NC(=O)CN(C)c2c(N)n(Cc3ccccc3)c(=O)[nH]c2=O)n(C)n1. The molecule has 0 fully saturated rings. The largest absolute Gasteiger partial charge is 0.383 e. The molecule has 2 aromatic heterocycles. The first kappa shape index (κ1) is 19.9. The Labute approximate surface area is 166 Å². The molecule has 10 nitrogen and oxygen atoms in total. The van der Waals surface area contributed by atoms with Crippen LogP contribution in [0.2, 0.25) is 0 Å². The van der Waals surface area contributed by atoms with E-state index in [-0.39, 0.29) is 30.5 Å². The first-order valence-electron chi connectivity index (χ1n) is 8.94. The normalized spacial score (nSPS) is 10.7. The highest BCUT2D eigenvalue weighted by Gasteiger charge is 2.19. The van der Waals surface area contributed by atoms with Crippen molar-refractivity contribution in [3.8, 4) is 0 Å². The number of nitrogens with one attached hydrogen (secondary N) is 2. The highest BCUT2D eigenvalue weighted by molar-refractivity contribution is 5.93. The molecule has 4 N–H and O–H groups in total. The maximum absolute atomic E-state index is 12.4. The summed E-state index contributed by atoms with van der Waals surface area (Å²) in [5.74, 6) is 0.182. The van der Waals surface area contributed by atoms with E-state index in [2.05, 4.69) is 15.4 Å². The summed E-state index contributed by atoms with van der Waals surface area (Å²) in [6.07, 6.45) is 0. The zero-order valence-corrected chi connectivity index (χ0v) is 16.5. The van der Waals surface area contributed by atoms with Crippen molar-refractivity contribution in [1.82, 2.24) is 19.3 Å². The lowest BCUT2D eigenvalue weighted by Crippen LogP contribution is -2.40. The minimum atomic E-state index is -0.650. The summed E-state index contributed by atoms with van der Waals surface area (Å²) in [5, 5.41) is 6.90. The van der Waals surface area contributed by atoms with Gasteiger partial charge in [0.25, 0.3) is 5.56 Å². The van der Waals surface area contributed by atoms with Crippen molar-refractivity contribution in [2.24, 2.45) is 7.05 Å². The Kier molecular flexibility index (Phi) is 5.53. The summed E-state index contributed by atoms with van der Waals surface area (Å²) < 4.78 is 2.82. The van der Waals surface area contributed by atoms with Crippen LogP contribution in [0.4, 0.5) is 17.3 Å². The number of aromatic amines is 1. The number of carbonyl (C=O) groups excluding carboxylic acids is 1. The lowest BCUT2D eigenvalue weighted by molar-refractivity contribution is -0.115. The van der Waals surface area contributed by atoms with Crippen LogP contribution >= 0.6 is 0 Å². The number of anilines is 3. The van der Waals surface area contributed by atoms with Crippen LogP contribution in [0.5, 0.6) is 0 Å². The molecule has 2 heterocycles. The highest BCUT2D eigenvalue weighted by atomic mass is 16.2. The number of rotatable bonds is 6. The molecule has 0 spiro atoms. The highest BCUT2D eigenvalue weighted by Crippen LogP contribution is 2.16. The van der Waals surface area contributed by atoms with Gasteiger partial charge in [0.05, 0.1) is 18.8 Å². The molecule has 3 aromatic rings.